The molecule has 0 spiro atoms. The Morgan fingerprint density at radius 1 is 1.22 bits per heavy atom. The summed E-state index contributed by atoms with van der Waals surface area (Å²) in [5, 5.41) is 0.979. The van der Waals surface area contributed by atoms with Gasteiger partial charge in [0.2, 0.25) is 0 Å². The van der Waals surface area contributed by atoms with Crippen molar-refractivity contribution in [3.05, 3.63) is 0 Å². The number of hydrogen-bond donors (Lipinski definition) is 0. The summed E-state index contributed by atoms with van der Waals surface area (Å²) < 4.78 is 10.5. The smallest absolute Gasteiger partial charge is 0.0700 e. The van der Waals surface area contributed by atoms with Crippen molar-refractivity contribution in [2.75, 3.05) is 31.8 Å². The largest absolute Gasteiger partial charge is 0.379 e. The average molecular weight is 195 g/mol. The van der Waals surface area contributed by atoms with Gasteiger partial charge in [-0.05, 0) is 0 Å². The number of hydrogen-bond acceptors (Lipinski definition) is 2. The van der Waals surface area contributed by atoms with Crippen LogP contribution in [0.1, 0.15) is 0 Å². The first-order valence-electron chi connectivity index (χ1n) is 3.15. The Morgan fingerprint density at radius 3 is 2.22 bits per heavy atom. The van der Waals surface area contributed by atoms with E-state index < -0.39 is 0 Å². The monoisotopic (exact) mass is 194 g/mol. The molecule has 0 N–H and O–H groups in total. The zero-order chi connectivity index (χ0) is 6.53. The van der Waals surface area contributed by atoms with Crippen LogP contribution in [-0.4, -0.2) is 31.8 Å². The minimum Gasteiger partial charge on any atom is -0.379 e. The van der Waals surface area contributed by atoms with E-state index in [4.69, 9.17) is 9.47 Å². The number of alkyl halides is 1. The van der Waals surface area contributed by atoms with Crippen LogP contribution >= 0.6 is 15.9 Å². The molecule has 0 unspecified atom stereocenters. The molecule has 9 heavy (non-hydrogen) atoms. The van der Waals surface area contributed by atoms with Gasteiger partial charge >= 0.3 is 0 Å². The van der Waals surface area contributed by atoms with Gasteiger partial charge in [-0.2, -0.15) is 0 Å². The van der Waals surface area contributed by atoms with Gasteiger partial charge in [-0.1, -0.05) is 15.9 Å². The second kappa shape index (κ2) is 4.25. The topological polar surface area (TPSA) is 18.5 Å². The Kier molecular flexibility index (Phi) is 3.55. The van der Waals surface area contributed by atoms with Gasteiger partial charge in [0.05, 0.1) is 26.4 Å². The van der Waals surface area contributed by atoms with Crippen molar-refractivity contribution in [2.45, 2.75) is 0 Å². The summed E-state index contributed by atoms with van der Waals surface area (Å²) >= 11 is 3.39. The van der Waals surface area contributed by atoms with E-state index in [9.17, 15) is 0 Å². The fraction of sp³-hybridized carbons (Fsp3) is 1.00. The van der Waals surface area contributed by atoms with Crippen LogP contribution in [0, 0.1) is 5.92 Å². The molecule has 0 radical (unpaired) electrons. The summed E-state index contributed by atoms with van der Waals surface area (Å²) in [7, 11) is 0. The van der Waals surface area contributed by atoms with E-state index in [2.05, 4.69) is 15.9 Å². The molecule has 0 bridgehead atoms. The molecular weight excluding hydrogens is 184 g/mol. The molecule has 0 saturated carbocycles. The Balaban J connectivity index is 2.18. The molecule has 1 heterocycles. The standard InChI is InChI=1S/C6H11BrO2/c7-3-6-4-8-1-2-9-5-6/h6H,1-5H2. The predicted molar refractivity (Wildman–Crippen MR) is 38.9 cm³/mol. The van der Waals surface area contributed by atoms with Gasteiger partial charge in [-0.25, -0.2) is 0 Å². The maximum absolute atomic E-state index is 5.24. The van der Waals surface area contributed by atoms with Crippen LogP contribution in [0.5, 0.6) is 0 Å². The van der Waals surface area contributed by atoms with Gasteiger partial charge in [0.25, 0.3) is 0 Å². The van der Waals surface area contributed by atoms with Crippen molar-refractivity contribution in [1.82, 2.24) is 0 Å². The summed E-state index contributed by atoms with van der Waals surface area (Å²) in [6.07, 6.45) is 0. The third-order valence-electron chi connectivity index (χ3n) is 1.30. The Bertz CT molecular complexity index is 69.5. The van der Waals surface area contributed by atoms with E-state index in [0.29, 0.717) is 5.92 Å². The third kappa shape index (κ3) is 2.65. The highest BCUT2D eigenvalue weighted by molar-refractivity contribution is 9.09. The van der Waals surface area contributed by atoms with Crippen LogP contribution in [0.15, 0.2) is 0 Å². The number of rotatable bonds is 1. The second-order valence-electron chi connectivity index (χ2n) is 2.17. The lowest BCUT2D eigenvalue weighted by Crippen LogP contribution is -2.12. The molecule has 0 aromatic heterocycles. The van der Waals surface area contributed by atoms with Crippen LogP contribution in [0.2, 0.25) is 0 Å². The minimum atomic E-state index is 0.549. The van der Waals surface area contributed by atoms with Gasteiger partial charge in [0, 0.05) is 11.2 Å². The van der Waals surface area contributed by atoms with Crippen LogP contribution in [-0.2, 0) is 9.47 Å². The van der Waals surface area contributed by atoms with Crippen molar-refractivity contribution in [2.24, 2.45) is 5.92 Å². The quantitative estimate of drug-likeness (QED) is 0.582. The summed E-state index contributed by atoms with van der Waals surface area (Å²) in [6, 6.07) is 0. The maximum atomic E-state index is 5.24. The van der Waals surface area contributed by atoms with Crippen molar-refractivity contribution in [3.63, 3.8) is 0 Å². The third-order valence-corrected chi connectivity index (χ3v) is 2.21. The Morgan fingerprint density at radius 2 is 1.78 bits per heavy atom. The van der Waals surface area contributed by atoms with E-state index in [-0.39, 0.29) is 0 Å². The summed E-state index contributed by atoms with van der Waals surface area (Å²) in [5.74, 6) is 0.549. The minimum absolute atomic E-state index is 0.549. The molecule has 0 aromatic carbocycles. The van der Waals surface area contributed by atoms with Gasteiger partial charge in [0.1, 0.15) is 0 Å². The van der Waals surface area contributed by atoms with E-state index >= 15 is 0 Å². The molecule has 1 aliphatic rings. The molecule has 3 heteroatoms. The second-order valence-corrected chi connectivity index (χ2v) is 2.82. The molecule has 1 rings (SSSR count). The van der Waals surface area contributed by atoms with Gasteiger partial charge < -0.3 is 9.47 Å². The Hall–Kier alpha value is 0.400. The molecular formula is C6H11BrO2. The fourth-order valence-electron chi connectivity index (χ4n) is 0.755. The SMILES string of the molecule is BrCC1COCCOC1. The lowest BCUT2D eigenvalue weighted by molar-refractivity contribution is 0.103. The molecule has 0 amide bonds. The van der Waals surface area contributed by atoms with Crippen molar-refractivity contribution in [1.29, 1.82) is 0 Å². The molecule has 1 aliphatic heterocycles. The lowest BCUT2D eigenvalue weighted by Gasteiger charge is -2.06. The van der Waals surface area contributed by atoms with Gasteiger partial charge in [-0.15, -0.1) is 0 Å². The normalized spacial score (nSPS) is 23.7. The molecule has 54 valence electrons. The first-order valence-corrected chi connectivity index (χ1v) is 4.27. The van der Waals surface area contributed by atoms with Crippen molar-refractivity contribution < 1.29 is 9.47 Å². The highest BCUT2D eigenvalue weighted by Crippen LogP contribution is 2.05. The first kappa shape index (κ1) is 7.51. The van der Waals surface area contributed by atoms with Crippen molar-refractivity contribution >= 4 is 15.9 Å². The molecule has 0 atom stereocenters. The highest BCUT2D eigenvalue weighted by atomic mass is 79.9. The van der Waals surface area contributed by atoms with E-state index in [1.54, 1.807) is 0 Å². The van der Waals surface area contributed by atoms with Gasteiger partial charge in [0.15, 0.2) is 0 Å². The number of halogens is 1. The maximum Gasteiger partial charge on any atom is 0.0700 e. The van der Waals surface area contributed by atoms with Crippen molar-refractivity contribution in [3.8, 4) is 0 Å². The molecule has 0 aromatic rings. The van der Waals surface area contributed by atoms with Crippen LogP contribution < -0.4 is 0 Å². The molecule has 2 nitrogen and oxygen atoms in total. The zero-order valence-corrected chi connectivity index (χ0v) is 6.89. The first-order chi connectivity index (χ1) is 4.43. The molecule has 1 saturated heterocycles. The van der Waals surface area contributed by atoms with Crippen LogP contribution in [0.4, 0.5) is 0 Å². The summed E-state index contributed by atoms with van der Waals surface area (Å²) in [5.41, 5.74) is 0. The summed E-state index contributed by atoms with van der Waals surface area (Å²) in [4.78, 5) is 0. The summed E-state index contributed by atoms with van der Waals surface area (Å²) in [6.45, 7) is 3.18. The Labute approximate surface area is 63.7 Å². The average Bonchev–Trinajstić information content (AvgIpc) is 2.13. The van der Waals surface area contributed by atoms with Gasteiger partial charge in [-0.3, -0.25) is 0 Å². The van der Waals surface area contributed by atoms with Crippen LogP contribution in [0.3, 0.4) is 0 Å². The van der Waals surface area contributed by atoms with E-state index in [0.717, 1.165) is 31.8 Å². The predicted octanol–water partition coefficient (Wildman–Crippen LogP) is 1.04. The molecule has 0 aliphatic carbocycles. The molecule has 1 fully saturated rings. The van der Waals surface area contributed by atoms with E-state index in [1.807, 2.05) is 0 Å². The number of ether oxygens (including phenoxy) is 2. The van der Waals surface area contributed by atoms with E-state index in [1.165, 1.54) is 0 Å². The lowest BCUT2D eigenvalue weighted by atomic mass is 10.2. The highest BCUT2D eigenvalue weighted by Gasteiger charge is 2.10. The fourth-order valence-corrected chi connectivity index (χ4v) is 1.13. The zero-order valence-electron chi connectivity index (χ0n) is 5.31. The van der Waals surface area contributed by atoms with Crippen LogP contribution in [0.25, 0.3) is 0 Å².